The van der Waals surface area contributed by atoms with E-state index in [1.807, 2.05) is 40.7 Å². The first kappa shape index (κ1) is 18.7. The van der Waals surface area contributed by atoms with Crippen molar-refractivity contribution in [1.29, 1.82) is 0 Å². The second kappa shape index (κ2) is 7.51. The monoisotopic (exact) mass is 336 g/mol. The number of hydrogen-bond acceptors (Lipinski definition) is 3. The number of carbonyl (C=O) groups excluding carboxylic acids is 1. The summed E-state index contributed by atoms with van der Waals surface area (Å²) < 4.78 is 18.8. The zero-order valence-electron chi connectivity index (χ0n) is 15.4. The summed E-state index contributed by atoms with van der Waals surface area (Å²) in [5, 5.41) is 3.49. The SMILES string of the molecule is CC(C)N(CCNC1CCc2cc(F)ccc21)C(=O)OC(C)(C)C. The number of hydrogen-bond donors (Lipinski definition) is 1. The molecule has 0 fully saturated rings. The molecule has 0 saturated heterocycles. The third kappa shape index (κ3) is 4.94. The van der Waals surface area contributed by atoms with Gasteiger partial charge in [0.1, 0.15) is 11.4 Å². The van der Waals surface area contributed by atoms with Gasteiger partial charge in [-0.2, -0.15) is 0 Å². The van der Waals surface area contributed by atoms with E-state index in [0.717, 1.165) is 18.4 Å². The molecule has 1 aromatic carbocycles. The zero-order chi connectivity index (χ0) is 17.9. The fraction of sp³-hybridized carbons (Fsp3) is 0.632. The van der Waals surface area contributed by atoms with Crippen molar-refractivity contribution >= 4 is 6.09 Å². The van der Waals surface area contributed by atoms with Gasteiger partial charge in [-0.1, -0.05) is 6.07 Å². The Labute approximate surface area is 144 Å². The van der Waals surface area contributed by atoms with Gasteiger partial charge in [0, 0.05) is 25.2 Å². The first-order chi connectivity index (χ1) is 11.2. The number of ether oxygens (including phenoxy) is 1. The van der Waals surface area contributed by atoms with E-state index in [1.165, 1.54) is 11.6 Å². The molecule has 0 radical (unpaired) electrons. The molecule has 5 heteroatoms. The third-order valence-corrected chi connectivity index (χ3v) is 4.18. The van der Waals surface area contributed by atoms with Gasteiger partial charge in [-0.15, -0.1) is 0 Å². The summed E-state index contributed by atoms with van der Waals surface area (Å²) in [6.45, 7) is 10.8. The molecule has 0 aliphatic heterocycles. The molecule has 1 aromatic rings. The molecule has 134 valence electrons. The number of nitrogens with one attached hydrogen (secondary N) is 1. The Morgan fingerprint density at radius 2 is 2.12 bits per heavy atom. The predicted molar refractivity (Wildman–Crippen MR) is 93.5 cm³/mol. The lowest BCUT2D eigenvalue weighted by molar-refractivity contribution is 0.0192. The lowest BCUT2D eigenvalue weighted by atomic mass is 10.1. The lowest BCUT2D eigenvalue weighted by Gasteiger charge is -2.30. The topological polar surface area (TPSA) is 41.6 Å². The Kier molecular flexibility index (Phi) is 5.86. The van der Waals surface area contributed by atoms with Crippen molar-refractivity contribution in [2.45, 2.75) is 65.1 Å². The molecule has 4 nitrogen and oxygen atoms in total. The maximum Gasteiger partial charge on any atom is 0.410 e. The minimum Gasteiger partial charge on any atom is -0.444 e. The average molecular weight is 336 g/mol. The van der Waals surface area contributed by atoms with Crippen LogP contribution in [0.4, 0.5) is 9.18 Å². The molecule has 0 spiro atoms. The molecule has 2 rings (SSSR count). The standard InChI is InChI=1S/C19H29FN2O2/c1-13(2)22(18(23)24-19(3,4)5)11-10-21-17-9-6-14-12-15(20)7-8-16(14)17/h7-8,12-13,17,21H,6,9-11H2,1-5H3. The minimum absolute atomic E-state index is 0.0756. The van der Waals surface area contributed by atoms with Crippen molar-refractivity contribution < 1.29 is 13.9 Å². The van der Waals surface area contributed by atoms with Crippen LogP contribution in [0.15, 0.2) is 18.2 Å². The van der Waals surface area contributed by atoms with Crippen molar-refractivity contribution in [2.24, 2.45) is 0 Å². The van der Waals surface area contributed by atoms with Crippen LogP contribution in [-0.4, -0.2) is 35.7 Å². The van der Waals surface area contributed by atoms with Gasteiger partial charge in [0.15, 0.2) is 0 Å². The molecule has 1 aliphatic carbocycles. The number of carbonyl (C=O) groups is 1. The number of halogens is 1. The molecule has 1 atom stereocenters. The molecule has 24 heavy (non-hydrogen) atoms. The Hall–Kier alpha value is -1.62. The van der Waals surface area contributed by atoms with Gasteiger partial charge >= 0.3 is 6.09 Å². The van der Waals surface area contributed by atoms with Crippen molar-refractivity contribution in [3.63, 3.8) is 0 Å². The molecule has 1 aliphatic rings. The van der Waals surface area contributed by atoms with E-state index < -0.39 is 5.60 Å². The molecule has 1 N–H and O–H groups in total. The number of nitrogens with zero attached hydrogens (tertiary/aromatic N) is 1. The summed E-state index contributed by atoms with van der Waals surface area (Å²) in [6, 6.07) is 5.31. The van der Waals surface area contributed by atoms with Gasteiger partial charge in [0.2, 0.25) is 0 Å². The maximum absolute atomic E-state index is 13.3. The molecular weight excluding hydrogens is 307 g/mol. The fourth-order valence-corrected chi connectivity index (χ4v) is 3.04. The Morgan fingerprint density at radius 3 is 2.75 bits per heavy atom. The average Bonchev–Trinajstić information content (AvgIpc) is 2.83. The summed E-state index contributed by atoms with van der Waals surface area (Å²) in [6.07, 6.45) is 1.57. The molecule has 0 saturated carbocycles. The summed E-state index contributed by atoms with van der Waals surface area (Å²) in [4.78, 5) is 14.0. The van der Waals surface area contributed by atoms with Crippen LogP contribution >= 0.6 is 0 Å². The zero-order valence-corrected chi connectivity index (χ0v) is 15.4. The lowest BCUT2D eigenvalue weighted by Crippen LogP contribution is -2.44. The molecule has 1 unspecified atom stereocenters. The molecule has 1 amide bonds. The normalized spacial score (nSPS) is 17.0. The summed E-state index contributed by atoms with van der Waals surface area (Å²) in [7, 11) is 0. The molecular formula is C19H29FN2O2. The highest BCUT2D eigenvalue weighted by Crippen LogP contribution is 2.31. The van der Waals surface area contributed by atoms with Crippen molar-refractivity contribution in [2.75, 3.05) is 13.1 Å². The Balaban J connectivity index is 1.89. The largest absolute Gasteiger partial charge is 0.444 e. The first-order valence-electron chi connectivity index (χ1n) is 8.68. The van der Waals surface area contributed by atoms with Crippen LogP contribution in [0.25, 0.3) is 0 Å². The van der Waals surface area contributed by atoms with Gasteiger partial charge in [0.05, 0.1) is 0 Å². The highest BCUT2D eigenvalue weighted by molar-refractivity contribution is 5.68. The van der Waals surface area contributed by atoms with Gasteiger partial charge < -0.3 is 15.0 Å². The second-order valence-electron chi connectivity index (χ2n) is 7.66. The van der Waals surface area contributed by atoms with Gasteiger partial charge in [-0.25, -0.2) is 9.18 Å². The highest BCUT2D eigenvalue weighted by Gasteiger charge is 2.25. The number of benzene rings is 1. The van der Waals surface area contributed by atoms with Crippen molar-refractivity contribution in [3.05, 3.63) is 35.1 Å². The fourth-order valence-electron chi connectivity index (χ4n) is 3.04. The number of aryl methyl sites for hydroxylation is 1. The summed E-state index contributed by atoms with van der Waals surface area (Å²) in [5.41, 5.74) is 1.76. The van der Waals surface area contributed by atoms with Gasteiger partial charge in [0.25, 0.3) is 0 Å². The van der Waals surface area contributed by atoms with Crippen molar-refractivity contribution in [1.82, 2.24) is 10.2 Å². The van der Waals surface area contributed by atoms with E-state index in [0.29, 0.717) is 13.1 Å². The molecule has 0 bridgehead atoms. The van der Waals surface area contributed by atoms with E-state index in [-0.39, 0.29) is 24.0 Å². The van der Waals surface area contributed by atoms with Gasteiger partial charge in [-0.05, 0) is 70.7 Å². The highest BCUT2D eigenvalue weighted by atomic mass is 19.1. The van der Waals surface area contributed by atoms with Crippen LogP contribution in [0.2, 0.25) is 0 Å². The van der Waals surface area contributed by atoms with Crippen LogP contribution in [0.3, 0.4) is 0 Å². The van der Waals surface area contributed by atoms with E-state index in [9.17, 15) is 9.18 Å². The van der Waals surface area contributed by atoms with Crippen LogP contribution in [0, 0.1) is 5.82 Å². The Morgan fingerprint density at radius 1 is 1.42 bits per heavy atom. The second-order valence-corrected chi connectivity index (χ2v) is 7.66. The summed E-state index contributed by atoms with van der Waals surface area (Å²) >= 11 is 0. The van der Waals surface area contributed by atoms with E-state index in [2.05, 4.69) is 5.32 Å². The van der Waals surface area contributed by atoms with E-state index in [1.54, 1.807) is 11.0 Å². The maximum atomic E-state index is 13.3. The van der Waals surface area contributed by atoms with Crippen LogP contribution in [0.5, 0.6) is 0 Å². The number of rotatable bonds is 5. The Bertz CT molecular complexity index is 581. The molecule has 0 aromatic heterocycles. The third-order valence-electron chi connectivity index (χ3n) is 4.18. The predicted octanol–water partition coefficient (Wildman–Crippen LogP) is 4.05. The van der Waals surface area contributed by atoms with Gasteiger partial charge in [-0.3, -0.25) is 0 Å². The quantitative estimate of drug-likeness (QED) is 0.882. The smallest absolute Gasteiger partial charge is 0.410 e. The minimum atomic E-state index is -0.494. The molecule has 0 heterocycles. The van der Waals surface area contributed by atoms with Crippen LogP contribution in [-0.2, 0) is 11.2 Å². The van der Waals surface area contributed by atoms with Crippen LogP contribution in [0.1, 0.15) is 58.2 Å². The number of amides is 1. The first-order valence-corrected chi connectivity index (χ1v) is 8.68. The van der Waals surface area contributed by atoms with Crippen LogP contribution < -0.4 is 5.32 Å². The summed E-state index contributed by atoms with van der Waals surface area (Å²) in [5.74, 6) is -0.176. The van der Waals surface area contributed by atoms with Crippen molar-refractivity contribution in [3.8, 4) is 0 Å². The van der Waals surface area contributed by atoms with E-state index in [4.69, 9.17) is 4.74 Å². The number of fused-ring (bicyclic) bond motifs is 1. The van der Waals surface area contributed by atoms with E-state index >= 15 is 0 Å².